The molecule has 3 atom stereocenters. The van der Waals surface area contributed by atoms with Crippen LogP contribution in [0.1, 0.15) is 13.3 Å². The first-order valence-corrected chi connectivity index (χ1v) is 4.68. The van der Waals surface area contributed by atoms with Gasteiger partial charge in [0.25, 0.3) is 0 Å². The Labute approximate surface area is 95.3 Å². The molecule has 3 N–H and O–H groups in total. The van der Waals surface area contributed by atoms with Gasteiger partial charge < -0.3 is 15.7 Å². The number of halogens is 1. The number of nitrogens with zero attached hydrogens (tertiary/aromatic N) is 2. The Bertz CT molecular complexity index is 267. The van der Waals surface area contributed by atoms with E-state index in [0.717, 1.165) is 0 Å². The molecule has 0 aromatic carbocycles. The van der Waals surface area contributed by atoms with E-state index in [2.05, 4.69) is 0 Å². The maximum Gasteiger partial charge on any atom is 0.240 e. The van der Waals surface area contributed by atoms with E-state index in [1.54, 1.807) is 6.92 Å². The van der Waals surface area contributed by atoms with Crippen molar-refractivity contribution in [3.8, 4) is 6.07 Å². The number of carbonyl (C=O) groups excluding carboxylic acids is 1. The third kappa shape index (κ3) is 3.06. The second kappa shape index (κ2) is 5.91. The molecular formula is C9H16ClN3O2. The lowest BCUT2D eigenvalue weighted by molar-refractivity contribution is -0.134. The minimum atomic E-state index is -0.658. The monoisotopic (exact) mass is 233 g/mol. The number of likely N-dealkylation sites (tertiary alicyclic amines) is 1. The summed E-state index contributed by atoms with van der Waals surface area (Å²) in [5, 5.41) is 18.0. The number of carbonyl (C=O) groups is 1. The van der Waals surface area contributed by atoms with Gasteiger partial charge in [0.2, 0.25) is 5.91 Å². The predicted octanol–water partition coefficient (Wildman–Crippen LogP) is -0.512. The second-order valence-electron chi connectivity index (χ2n) is 3.62. The van der Waals surface area contributed by atoms with Crippen LogP contribution in [0.3, 0.4) is 0 Å². The Morgan fingerprint density at radius 1 is 1.80 bits per heavy atom. The third-order valence-electron chi connectivity index (χ3n) is 2.51. The number of hydrogen-bond acceptors (Lipinski definition) is 4. The Morgan fingerprint density at radius 3 is 2.87 bits per heavy atom. The number of amides is 1. The average molecular weight is 234 g/mol. The van der Waals surface area contributed by atoms with Gasteiger partial charge >= 0.3 is 0 Å². The number of hydrogen-bond donors (Lipinski definition) is 2. The summed E-state index contributed by atoms with van der Waals surface area (Å²) < 4.78 is 0. The van der Waals surface area contributed by atoms with Crippen LogP contribution in [0.25, 0.3) is 0 Å². The zero-order valence-electron chi connectivity index (χ0n) is 8.59. The fourth-order valence-corrected chi connectivity index (χ4v) is 1.69. The third-order valence-corrected chi connectivity index (χ3v) is 2.51. The highest BCUT2D eigenvalue weighted by Gasteiger charge is 2.35. The van der Waals surface area contributed by atoms with Gasteiger partial charge in [-0.15, -0.1) is 12.4 Å². The molecule has 0 saturated carbocycles. The lowest BCUT2D eigenvalue weighted by Gasteiger charge is -2.23. The topological polar surface area (TPSA) is 90.3 Å². The lowest BCUT2D eigenvalue weighted by atomic mass is 10.1. The molecule has 1 unspecified atom stereocenters. The molecule has 0 radical (unpaired) electrons. The van der Waals surface area contributed by atoms with Gasteiger partial charge in [0.15, 0.2) is 0 Å². The minimum Gasteiger partial charge on any atom is -0.391 e. The number of nitriles is 1. The van der Waals surface area contributed by atoms with Crippen LogP contribution >= 0.6 is 12.4 Å². The van der Waals surface area contributed by atoms with E-state index in [0.29, 0.717) is 19.5 Å². The second-order valence-corrected chi connectivity index (χ2v) is 3.62. The molecule has 1 aliphatic heterocycles. The molecule has 1 aliphatic rings. The van der Waals surface area contributed by atoms with Crippen LogP contribution in [0.4, 0.5) is 0 Å². The van der Waals surface area contributed by atoms with E-state index < -0.39 is 12.0 Å². The summed E-state index contributed by atoms with van der Waals surface area (Å²) >= 11 is 0. The highest BCUT2D eigenvalue weighted by molar-refractivity contribution is 5.85. The van der Waals surface area contributed by atoms with Crippen molar-refractivity contribution in [1.29, 1.82) is 5.26 Å². The van der Waals surface area contributed by atoms with Crippen molar-refractivity contribution in [2.24, 2.45) is 11.7 Å². The number of rotatable bonds is 2. The average Bonchev–Trinajstić information content (AvgIpc) is 2.57. The van der Waals surface area contributed by atoms with Crippen LogP contribution in [0.15, 0.2) is 0 Å². The summed E-state index contributed by atoms with van der Waals surface area (Å²) in [5.74, 6) is -0.895. The van der Waals surface area contributed by atoms with E-state index in [1.165, 1.54) is 4.90 Å². The van der Waals surface area contributed by atoms with Crippen LogP contribution in [-0.2, 0) is 4.79 Å². The van der Waals surface area contributed by atoms with Crippen molar-refractivity contribution >= 4 is 18.3 Å². The Kier molecular flexibility index (Phi) is 5.58. The molecule has 1 rings (SSSR count). The van der Waals surface area contributed by atoms with E-state index in [9.17, 15) is 9.90 Å². The van der Waals surface area contributed by atoms with Gasteiger partial charge in [0.05, 0.1) is 12.2 Å². The van der Waals surface area contributed by atoms with E-state index in [4.69, 9.17) is 11.0 Å². The molecule has 1 amide bonds. The van der Waals surface area contributed by atoms with Gasteiger partial charge in [0, 0.05) is 19.1 Å². The number of aliphatic hydroxyl groups is 1. The van der Waals surface area contributed by atoms with Gasteiger partial charge in [-0.25, -0.2) is 0 Å². The van der Waals surface area contributed by atoms with Crippen molar-refractivity contribution in [2.45, 2.75) is 25.5 Å². The van der Waals surface area contributed by atoms with Crippen LogP contribution in [0, 0.1) is 17.2 Å². The molecule has 0 aliphatic carbocycles. The maximum atomic E-state index is 11.6. The molecular weight excluding hydrogens is 218 g/mol. The van der Waals surface area contributed by atoms with Gasteiger partial charge in [0.1, 0.15) is 5.92 Å². The predicted molar refractivity (Wildman–Crippen MR) is 57.2 cm³/mol. The molecule has 1 fully saturated rings. The van der Waals surface area contributed by atoms with Crippen molar-refractivity contribution in [3.05, 3.63) is 0 Å². The molecule has 6 heteroatoms. The number of nitrogens with two attached hydrogens (primary N) is 1. The Balaban J connectivity index is 0.00000196. The molecule has 0 bridgehead atoms. The first-order valence-electron chi connectivity index (χ1n) is 4.68. The van der Waals surface area contributed by atoms with Gasteiger partial charge in [-0.1, -0.05) is 0 Å². The van der Waals surface area contributed by atoms with E-state index in [1.807, 2.05) is 6.07 Å². The molecule has 1 heterocycles. The highest BCUT2D eigenvalue weighted by atomic mass is 35.5. The van der Waals surface area contributed by atoms with Crippen molar-refractivity contribution < 1.29 is 9.90 Å². The Hall–Kier alpha value is -0.830. The van der Waals surface area contributed by atoms with Crippen molar-refractivity contribution in [1.82, 2.24) is 4.90 Å². The highest BCUT2D eigenvalue weighted by Crippen LogP contribution is 2.19. The van der Waals surface area contributed by atoms with E-state index >= 15 is 0 Å². The normalized spacial score (nSPS) is 26.7. The Morgan fingerprint density at radius 2 is 2.40 bits per heavy atom. The number of aliphatic hydroxyl groups excluding tert-OH is 1. The number of β-amino-alcohol motifs (C(OH)–C–C–N with tert-alkyl or cyclic N) is 1. The molecule has 0 aromatic rings. The maximum absolute atomic E-state index is 11.6. The summed E-state index contributed by atoms with van der Waals surface area (Å²) in [5.41, 5.74) is 5.48. The standard InChI is InChI=1S/C9H15N3O2.ClH/c1-6(3-10)9(14)12-5-8(13)2-7(12)4-11;/h6-8,13H,2,4-5,11H2,1H3;1H/t6?,7-,8+;/m0./s1. The quantitative estimate of drug-likeness (QED) is 0.672. The van der Waals surface area contributed by atoms with Crippen LogP contribution in [0.2, 0.25) is 0 Å². The molecule has 0 aromatic heterocycles. The summed E-state index contributed by atoms with van der Waals surface area (Å²) in [7, 11) is 0. The minimum absolute atomic E-state index is 0. The van der Waals surface area contributed by atoms with E-state index in [-0.39, 0.29) is 24.4 Å². The fourth-order valence-electron chi connectivity index (χ4n) is 1.69. The van der Waals surface area contributed by atoms with Gasteiger partial charge in [-0.2, -0.15) is 5.26 Å². The van der Waals surface area contributed by atoms with Crippen LogP contribution in [-0.4, -0.2) is 41.1 Å². The molecule has 5 nitrogen and oxygen atoms in total. The molecule has 1 saturated heterocycles. The van der Waals surface area contributed by atoms with Crippen LogP contribution in [0.5, 0.6) is 0 Å². The zero-order valence-corrected chi connectivity index (χ0v) is 9.41. The largest absolute Gasteiger partial charge is 0.391 e. The SMILES string of the molecule is CC(C#N)C(=O)N1C[C@H](O)C[C@H]1CN.Cl. The van der Waals surface area contributed by atoms with Crippen LogP contribution < -0.4 is 5.73 Å². The molecule has 0 spiro atoms. The zero-order chi connectivity index (χ0) is 10.7. The summed E-state index contributed by atoms with van der Waals surface area (Å²) in [4.78, 5) is 13.1. The van der Waals surface area contributed by atoms with Crippen molar-refractivity contribution in [3.63, 3.8) is 0 Å². The van der Waals surface area contributed by atoms with Gasteiger partial charge in [-0.05, 0) is 13.3 Å². The fraction of sp³-hybridized carbons (Fsp3) is 0.778. The first kappa shape index (κ1) is 14.2. The van der Waals surface area contributed by atoms with Gasteiger partial charge in [-0.3, -0.25) is 4.79 Å². The molecule has 86 valence electrons. The lowest BCUT2D eigenvalue weighted by Crippen LogP contribution is -2.42. The summed E-state index contributed by atoms with van der Waals surface area (Å²) in [6.07, 6.45) is 0.0128. The molecule has 15 heavy (non-hydrogen) atoms. The summed E-state index contributed by atoms with van der Waals surface area (Å²) in [6, 6.07) is 1.77. The smallest absolute Gasteiger partial charge is 0.240 e. The van der Waals surface area contributed by atoms with Crippen molar-refractivity contribution in [2.75, 3.05) is 13.1 Å². The first-order chi connectivity index (χ1) is 6.60. The summed E-state index contributed by atoms with van der Waals surface area (Å²) in [6.45, 7) is 2.19.